The maximum Gasteiger partial charge on any atom is 0.216 e. The SMILES string of the molecule is COc1ccc2c(c1)C(=O)c1nnn(-c3ccc(F)c(Cl)c3)c1C2=O. The molecular formula is C17H9ClFN3O3. The fourth-order valence-electron chi connectivity index (χ4n) is 2.73. The number of fused-ring (bicyclic) bond motifs is 2. The van der Waals surface area contributed by atoms with Crippen molar-refractivity contribution in [1.29, 1.82) is 0 Å². The van der Waals surface area contributed by atoms with E-state index in [4.69, 9.17) is 16.3 Å². The van der Waals surface area contributed by atoms with Gasteiger partial charge in [-0.25, -0.2) is 9.07 Å². The van der Waals surface area contributed by atoms with Gasteiger partial charge in [-0.15, -0.1) is 5.10 Å². The van der Waals surface area contributed by atoms with Crippen molar-refractivity contribution >= 4 is 23.2 Å². The summed E-state index contributed by atoms with van der Waals surface area (Å²) in [6, 6.07) is 8.47. The van der Waals surface area contributed by atoms with Gasteiger partial charge in [-0.3, -0.25) is 9.59 Å². The molecule has 1 aliphatic carbocycles. The van der Waals surface area contributed by atoms with Crippen molar-refractivity contribution < 1.29 is 18.7 Å². The van der Waals surface area contributed by atoms with E-state index in [0.717, 1.165) is 6.07 Å². The number of hydrogen-bond donors (Lipinski definition) is 0. The van der Waals surface area contributed by atoms with Crippen molar-refractivity contribution in [2.75, 3.05) is 7.11 Å². The summed E-state index contributed by atoms with van der Waals surface area (Å²) in [6.45, 7) is 0. The average Bonchev–Trinajstić information content (AvgIpc) is 3.07. The van der Waals surface area contributed by atoms with Gasteiger partial charge in [0.1, 0.15) is 17.3 Å². The monoisotopic (exact) mass is 357 g/mol. The quantitative estimate of drug-likeness (QED) is 0.551. The van der Waals surface area contributed by atoms with Gasteiger partial charge in [0.2, 0.25) is 11.6 Å². The van der Waals surface area contributed by atoms with Gasteiger partial charge >= 0.3 is 0 Å². The number of aromatic nitrogens is 3. The second kappa shape index (κ2) is 5.49. The van der Waals surface area contributed by atoms with E-state index in [2.05, 4.69) is 10.3 Å². The molecule has 0 aliphatic heterocycles. The lowest BCUT2D eigenvalue weighted by Gasteiger charge is -2.15. The fraction of sp³-hybridized carbons (Fsp3) is 0.0588. The van der Waals surface area contributed by atoms with Gasteiger partial charge in [0, 0.05) is 11.1 Å². The van der Waals surface area contributed by atoms with Gasteiger partial charge in [-0.05, 0) is 36.4 Å². The minimum Gasteiger partial charge on any atom is -0.497 e. The molecule has 0 radical (unpaired) electrons. The minimum atomic E-state index is -0.598. The van der Waals surface area contributed by atoms with Crippen LogP contribution in [0.2, 0.25) is 5.02 Å². The number of halogens is 2. The predicted molar refractivity (Wildman–Crippen MR) is 86.2 cm³/mol. The molecule has 0 fully saturated rings. The summed E-state index contributed by atoms with van der Waals surface area (Å²) in [5.74, 6) is -0.971. The summed E-state index contributed by atoms with van der Waals surface area (Å²) in [6.07, 6.45) is 0. The number of carbonyl (C=O) groups is 2. The first-order valence-electron chi connectivity index (χ1n) is 7.20. The molecule has 0 atom stereocenters. The van der Waals surface area contributed by atoms with E-state index in [9.17, 15) is 14.0 Å². The van der Waals surface area contributed by atoms with Gasteiger partial charge in [-0.2, -0.15) is 0 Å². The topological polar surface area (TPSA) is 74.1 Å². The third-order valence-corrected chi connectivity index (χ3v) is 4.25. The van der Waals surface area contributed by atoms with Crippen LogP contribution < -0.4 is 4.74 Å². The summed E-state index contributed by atoms with van der Waals surface area (Å²) in [4.78, 5) is 25.5. The van der Waals surface area contributed by atoms with Gasteiger partial charge in [0.25, 0.3) is 0 Å². The molecule has 1 aliphatic rings. The molecule has 124 valence electrons. The molecule has 0 spiro atoms. The Morgan fingerprint density at radius 2 is 1.88 bits per heavy atom. The largest absolute Gasteiger partial charge is 0.497 e. The standard InChI is InChI=1S/C17H9ClFN3O3/c1-25-9-3-4-10-11(7-9)16(23)14-15(17(10)24)22(21-20-14)8-2-5-13(19)12(18)6-8/h2-7H,1H3. The first-order chi connectivity index (χ1) is 12.0. The summed E-state index contributed by atoms with van der Waals surface area (Å²) in [7, 11) is 1.47. The lowest BCUT2D eigenvalue weighted by Crippen LogP contribution is -2.23. The second-order valence-electron chi connectivity index (χ2n) is 5.37. The van der Waals surface area contributed by atoms with Crippen LogP contribution in [0, 0.1) is 5.82 Å². The molecule has 1 aromatic heterocycles. The van der Waals surface area contributed by atoms with Gasteiger partial charge in [-0.1, -0.05) is 16.8 Å². The molecular weight excluding hydrogens is 349 g/mol. The van der Waals surface area contributed by atoms with E-state index < -0.39 is 17.4 Å². The van der Waals surface area contributed by atoms with E-state index in [1.165, 1.54) is 36.1 Å². The van der Waals surface area contributed by atoms with Crippen LogP contribution in [-0.2, 0) is 0 Å². The van der Waals surface area contributed by atoms with Crippen LogP contribution in [0.3, 0.4) is 0 Å². The highest BCUT2D eigenvalue weighted by Gasteiger charge is 2.35. The van der Waals surface area contributed by atoms with Crippen molar-refractivity contribution in [1.82, 2.24) is 15.0 Å². The zero-order chi connectivity index (χ0) is 17.7. The Morgan fingerprint density at radius 1 is 1.08 bits per heavy atom. The molecule has 25 heavy (non-hydrogen) atoms. The number of rotatable bonds is 2. The fourth-order valence-corrected chi connectivity index (χ4v) is 2.90. The summed E-state index contributed by atoms with van der Waals surface area (Å²) < 4.78 is 19.7. The number of benzene rings is 2. The number of hydrogen-bond acceptors (Lipinski definition) is 5. The van der Waals surface area contributed by atoms with E-state index in [1.807, 2.05) is 0 Å². The lowest BCUT2D eigenvalue weighted by atomic mass is 9.90. The first-order valence-corrected chi connectivity index (χ1v) is 7.57. The number of ether oxygens (including phenoxy) is 1. The summed E-state index contributed by atoms with van der Waals surface area (Å²) >= 11 is 5.79. The van der Waals surface area contributed by atoms with Gasteiger partial charge in [0.05, 0.1) is 17.8 Å². The molecule has 0 saturated heterocycles. The van der Waals surface area contributed by atoms with Crippen LogP contribution in [0.15, 0.2) is 36.4 Å². The smallest absolute Gasteiger partial charge is 0.216 e. The molecule has 0 bridgehead atoms. The number of methoxy groups -OCH3 is 1. The van der Waals surface area contributed by atoms with Crippen LogP contribution in [0.25, 0.3) is 5.69 Å². The molecule has 0 unspecified atom stereocenters. The average molecular weight is 358 g/mol. The van der Waals surface area contributed by atoms with Crippen molar-refractivity contribution in [3.8, 4) is 11.4 Å². The Morgan fingerprint density at radius 3 is 2.60 bits per heavy atom. The first kappa shape index (κ1) is 15.5. The molecule has 8 heteroatoms. The summed E-state index contributed by atoms with van der Waals surface area (Å²) in [5, 5.41) is 7.59. The third kappa shape index (κ3) is 2.24. The molecule has 0 N–H and O–H groups in total. The molecule has 1 heterocycles. The Balaban J connectivity index is 1.90. The van der Waals surface area contributed by atoms with Crippen LogP contribution in [-0.4, -0.2) is 33.7 Å². The van der Waals surface area contributed by atoms with Gasteiger partial charge < -0.3 is 4.74 Å². The number of ketones is 2. The Labute approximate surface area is 145 Å². The zero-order valence-corrected chi connectivity index (χ0v) is 13.5. The van der Waals surface area contributed by atoms with E-state index in [-0.39, 0.29) is 27.5 Å². The molecule has 0 amide bonds. The molecule has 3 aromatic rings. The Bertz CT molecular complexity index is 1060. The third-order valence-electron chi connectivity index (χ3n) is 3.96. The zero-order valence-electron chi connectivity index (χ0n) is 12.8. The predicted octanol–water partition coefficient (Wildman–Crippen LogP) is 2.84. The van der Waals surface area contributed by atoms with Crippen LogP contribution in [0.1, 0.15) is 32.1 Å². The van der Waals surface area contributed by atoms with Gasteiger partial charge in [0.15, 0.2) is 5.69 Å². The van der Waals surface area contributed by atoms with Crippen molar-refractivity contribution in [3.05, 3.63) is 69.8 Å². The Kier molecular flexibility index (Phi) is 3.40. The highest BCUT2D eigenvalue weighted by Crippen LogP contribution is 2.30. The normalized spacial score (nSPS) is 12.8. The van der Waals surface area contributed by atoms with Crippen LogP contribution in [0.5, 0.6) is 5.75 Å². The van der Waals surface area contributed by atoms with Crippen molar-refractivity contribution in [3.63, 3.8) is 0 Å². The highest BCUT2D eigenvalue weighted by atomic mass is 35.5. The molecule has 6 nitrogen and oxygen atoms in total. The maximum absolute atomic E-state index is 13.4. The number of nitrogens with zero attached hydrogens (tertiary/aromatic N) is 3. The van der Waals surface area contributed by atoms with E-state index >= 15 is 0 Å². The maximum atomic E-state index is 13.4. The highest BCUT2D eigenvalue weighted by molar-refractivity contribution is 6.31. The molecule has 2 aromatic carbocycles. The van der Waals surface area contributed by atoms with Crippen LogP contribution >= 0.6 is 11.6 Å². The molecule has 0 saturated carbocycles. The lowest BCUT2D eigenvalue weighted by molar-refractivity contribution is 0.0972. The second-order valence-corrected chi connectivity index (χ2v) is 5.77. The van der Waals surface area contributed by atoms with E-state index in [0.29, 0.717) is 11.4 Å². The molecule has 4 rings (SSSR count). The number of carbonyl (C=O) groups excluding carboxylic acids is 2. The van der Waals surface area contributed by atoms with Crippen molar-refractivity contribution in [2.24, 2.45) is 0 Å². The van der Waals surface area contributed by atoms with E-state index in [1.54, 1.807) is 6.07 Å². The minimum absolute atomic E-state index is 0.0188. The Hall–Kier alpha value is -3.06. The van der Waals surface area contributed by atoms with Crippen molar-refractivity contribution in [2.45, 2.75) is 0 Å². The van der Waals surface area contributed by atoms with Crippen LogP contribution in [0.4, 0.5) is 4.39 Å². The summed E-state index contributed by atoms with van der Waals surface area (Å²) in [5.41, 5.74) is 0.728.